The maximum Gasteiger partial charge on any atom is 0.335 e. The predicted octanol–water partition coefficient (Wildman–Crippen LogP) is 2.57. The van der Waals surface area contributed by atoms with Crippen LogP contribution in [0, 0.1) is 0 Å². The van der Waals surface area contributed by atoms with Gasteiger partial charge in [0.2, 0.25) is 10.0 Å². The highest BCUT2D eigenvalue weighted by atomic mass is 79.9. The summed E-state index contributed by atoms with van der Waals surface area (Å²) >= 11 is 3.12. The number of carbonyl (C=O) groups is 1. The highest BCUT2D eigenvalue weighted by Gasteiger charge is 2.26. The van der Waals surface area contributed by atoms with E-state index in [9.17, 15) is 13.2 Å². The smallest absolute Gasteiger partial charge is 0.335 e. The van der Waals surface area contributed by atoms with Crippen LogP contribution in [0.5, 0.6) is 0 Å². The molecule has 0 fully saturated rings. The van der Waals surface area contributed by atoms with E-state index in [1.54, 1.807) is 0 Å². The lowest BCUT2D eigenvalue weighted by Gasteiger charge is -2.23. The molecule has 0 saturated carbocycles. The van der Waals surface area contributed by atoms with Gasteiger partial charge in [-0.25, -0.2) is 13.2 Å². The minimum atomic E-state index is -3.63. The lowest BCUT2D eigenvalue weighted by molar-refractivity contribution is 0.0696. The van der Waals surface area contributed by atoms with Crippen LogP contribution in [0.1, 0.15) is 30.6 Å². The number of halogens is 1. The monoisotopic (exact) mass is 349 g/mol. The summed E-state index contributed by atoms with van der Waals surface area (Å²) < 4.78 is 26.3. The molecule has 1 aromatic rings. The van der Waals surface area contributed by atoms with Gasteiger partial charge in [-0.05, 0) is 47.5 Å². The van der Waals surface area contributed by atoms with Crippen molar-refractivity contribution in [3.8, 4) is 0 Å². The first-order chi connectivity index (χ1) is 8.71. The number of aromatic carboxylic acids is 1. The van der Waals surface area contributed by atoms with Crippen molar-refractivity contribution in [1.82, 2.24) is 4.31 Å². The Morgan fingerprint density at radius 2 is 2.05 bits per heavy atom. The fourth-order valence-corrected chi connectivity index (χ4v) is 3.96. The summed E-state index contributed by atoms with van der Waals surface area (Å²) in [5, 5.41) is 8.86. The number of nitrogens with zero attached hydrogens (tertiary/aromatic N) is 1. The van der Waals surface area contributed by atoms with Gasteiger partial charge in [-0.1, -0.05) is 6.92 Å². The Hall–Kier alpha value is -0.920. The van der Waals surface area contributed by atoms with E-state index in [-0.39, 0.29) is 21.0 Å². The van der Waals surface area contributed by atoms with E-state index in [1.807, 2.05) is 13.8 Å². The molecule has 0 bridgehead atoms. The first-order valence-electron chi connectivity index (χ1n) is 5.72. The van der Waals surface area contributed by atoms with Gasteiger partial charge in [0.1, 0.15) is 0 Å². The van der Waals surface area contributed by atoms with E-state index in [0.717, 1.165) is 0 Å². The Morgan fingerprint density at radius 3 is 2.47 bits per heavy atom. The molecule has 1 rings (SSSR count). The van der Waals surface area contributed by atoms with Crippen LogP contribution in [0.3, 0.4) is 0 Å². The van der Waals surface area contributed by atoms with Crippen LogP contribution >= 0.6 is 15.9 Å². The molecule has 0 heterocycles. The van der Waals surface area contributed by atoms with Crippen LogP contribution in [0.25, 0.3) is 0 Å². The van der Waals surface area contributed by atoms with Crippen LogP contribution < -0.4 is 0 Å². The molecular formula is C12H16BrNO4S. The number of sulfonamides is 1. The molecule has 0 aliphatic rings. The van der Waals surface area contributed by atoms with E-state index in [1.165, 1.54) is 29.6 Å². The molecule has 1 unspecified atom stereocenters. The molecule has 0 amide bonds. The number of benzene rings is 1. The zero-order valence-corrected chi connectivity index (χ0v) is 13.3. The van der Waals surface area contributed by atoms with Crippen LogP contribution in [0.4, 0.5) is 0 Å². The normalized spacial score (nSPS) is 13.5. The lowest BCUT2D eigenvalue weighted by atomic mass is 10.2. The summed E-state index contributed by atoms with van der Waals surface area (Å²) in [6.07, 6.45) is 0.695. The predicted molar refractivity (Wildman–Crippen MR) is 75.8 cm³/mol. The number of hydrogen-bond donors (Lipinski definition) is 1. The van der Waals surface area contributed by atoms with Crippen molar-refractivity contribution in [2.24, 2.45) is 0 Å². The summed E-state index contributed by atoms with van der Waals surface area (Å²) in [6.45, 7) is 3.72. The van der Waals surface area contributed by atoms with Gasteiger partial charge in [-0.3, -0.25) is 0 Å². The van der Waals surface area contributed by atoms with Gasteiger partial charge in [-0.15, -0.1) is 0 Å². The van der Waals surface area contributed by atoms with Gasteiger partial charge in [0.15, 0.2) is 0 Å². The van der Waals surface area contributed by atoms with Crippen molar-refractivity contribution in [3.05, 3.63) is 28.2 Å². The van der Waals surface area contributed by atoms with Crippen molar-refractivity contribution in [2.75, 3.05) is 7.05 Å². The van der Waals surface area contributed by atoms with Gasteiger partial charge in [0.25, 0.3) is 0 Å². The molecule has 7 heteroatoms. The molecule has 1 aromatic carbocycles. The van der Waals surface area contributed by atoms with E-state index < -0.39 is 16.0 Å². The summed E-state index contributed by atoms with van der Waals surface area (Å²) in [7, 11) is -2.12. The average molecular weight is 350 g/mol. The SMILES string of the molecule is CCC(C)N(C)S(=O)(=O)c1ccc(C(=O)O)cc1Br. The maximum absolute atomic E-state index is 12.4. The maximum atomic E-state index is 12.4. The molecule has 0 saturated heterocycles. The van der Waals surface area contributed by atoms with Crippen molar-refractivity contribution in [3.63, 3.8) is 0 Å². The van der Waals surface area contributed by atoms with Crippen molar-refractivity contribution in [2.45, 2.75) is 31.2 Å². The topological polar surface area (TPSA) is 74.7 Å². The Balaban J connectivity index is 3.27. The summed E-state index contributed by atoms with van der Waals surface area (Å²) in [5.41, 5.74) is 0.0389. The first kappa shape index (κ1) is 16.1. The summed E-state index contributed by atoms with van der Waals surface area (Å²) in [5.74, 6) is -1.10. The third-order valence-corrected chi connectivity index (χ3v) is 6.00. The lowest BCUT2D eigenvalue weighted by Crippen LogP contribution is -2.34. The summed E-state index contributed by atoms with van der Waals surface area (Å²) in [4.78, 5) is 10.9. The largest absolute Gasteiger partial charge is 0.478 e. The van der Waals surface area contributed by atoms with Crippen LogP contribution in [-0.2, 0) is 10.0 Å². The number of rotatable bonds is 5. The second-order valence-electron chi connectivity index (χ2n) is 4.23. The fourth-order valence-electron chi connectivity index (χ4n) is 1.49. The Kier molecular flexibility index (Phi) is 5.11. The molecule has 19 heavy (non-hydrogen) atoms. The van der Waals surface area contributed by atoms with Gasteiger partial charge >= 0.3 is 5.97 Å². The standard InChI is InChI=1S/C12H16BrNO4S/c1-4-8(2)14(3)19(17,18)11-6-5-9(12(15)16)7-10(11)13/h5-8H,4H2,1-3H3,(H,15,16). The third-order valence-electron chi connectivity index (χ3n) is 3.05. The first-order valence-corrected chi connectivity index (χ1v) is 7.96. The number of carboxylic acids is 1. The zero-order valence-electron chi connectivity index (χ0n) is 10.9. The molecule has 5 nitrogen and oxygen atoms in total. The molecule has 106 valence electrons. The van der Waals surface area contributed by atoms with Gasteiger partial charge < -0.3 is 5.11 Å². The summed E-state index contributed by atoms with van der Waals surface area (Å²) in [6, 6.07) is 3.75. The van der Waals surface area contributed by atoms with Crippen molar-refractivity contribution < 1.29 is 18.3 Å². The number of hydrogen-bond acceptors (Lipinski definition) is 3. The Morgan fingerprint density at radius 1 is 1.47 bits per heavy atom. The third kappa shape index (κ3) is 3.34. The molecule has 0 aromatic heterocycles. The Bertz CT molecular complexity index is 585. The van der Waals surface area contributed by atoms with E-state index in [0.29, 0.717) is 6.42 Å². The minimum absolute atomic E-state index is 0.0389. The van der Waals surface area contributed by atoms with Gasteiger partial charge in [0, 0.05) is 17.6 Å². The van der Waals surface area contributed by atoms with E-state index in [4.69, 9.17) is 5.11 Å². The molecule has 0 aliphatic carbocycles. The quantitative estimate of drug-likeness (QED) is 0.886. The van der Waals surface area contributed by atoms with Crippen molar-refractivity contribution >= 4 is 31.9 Å². The van der Waals surface area contributed by atoms with E-state index in [2.05, 4.69) is 15.9 Å². The number of carboxylic acid groups (broad SMARTS) is 1. The molecule has 0 spiro atoms. The molecular weight excluding hydrogens is 334 g/mol. The van der Waals surface area contributed by atoms with Crippen molar-refractivity contribution in [1.29, 1.82) is 0 Å². The Labute approximate surface area is 121 Å². The second kappa shape index (κ2) is 6.02. The van der Waals surface area contributed by atoms with Crippen LogP contribution in [-0.4, -0.2) is 36.9 Å². The molecule has 1 atom stereocenters. The van der Waals surface area contributed by atoms with Gasteiger partial charge in [-0.2, -0.15) is 4.31 Å². The minimum Gasteiger partial charge on any atom is -0.478 e. The van der Waals surface area contributed by atoms with Crippen LogP contribution in [0.15, 0.2) is 27.6 Å². The zero-order chi connectivity index (χ0) is 14.8. The molecule has 0 radical (unpaired) electrons. The van der Waals surface area contributed by atoms with E-state index >= 15 is 0 Å². The average Bonchev–Trinajstić information content (AvgIpc) is 2.36. The second-order valence-corrected chi connectivity index (χ2v) is 7.05. The molecule has 1 N–H and O–H groups in total. The highest BCUT2D eigenvalue weighted by Crippen LogP contribution is 2.27. The fraction of sp³-hybridized carbons (Fsp3) is 0.417. The highest BCUT2D eigenvalue weighted by molar-refractivity contribution is 9.10. The van der Waals surface area contributed by atoms with Crippen LogP contribution in [0.2, 0.25) is 0 Å². The molecule has 0 aliphatic heterocycles. The van der Waals surface area contributed by atoms with Gasteiger partial charge in [0.05, 0.1) is 10.5 Å².